The molecule has 0 unspecified atom stereocenters. The number of anilines is 1. The van der Waals surface area contributed by atoms with Gasteiger partial charge in [-0.2, -0.15) is 0 Å². The molecule has 0 bridgehead atoms. The molecular weight excluding hydrogens is 234 g/mol. The van der Waals surface area contributed by atoms with Gasteiger partial charge in [-0.15, -0.1) is 0 Å². The Morgan fingerprint density at radius 1 is 1.11 bits per heavy atom. The summed E-state index contributed by atoms with van der Waals surface area (Å²) in [4.78, 5) is 4.05. The molecule has 0 aliphatic heterocycles. The van der Waals surface area contributed by atoms with Gasteiger partial charge in [0, 0.05) is 23.5 Å². The van der Waals surface area contributed by atoms with E-state index < -0.39 is 0 Å². The number of nitrogens with one attached hydrogen (secondary N) is 1. The fourth-order valence-corrected chi connectivity index (χ4v) is 2.34. The number of rotatable bonds is 4. The van der Waals surface area contributed by atoms with E-state index in [1.807, 2.05) is 12.1 Å². The van der Waals surface area contributed by atoms with Crippen molar-refractivity contribution in [1.29, 1.82) is 0 Å². The molecule has 96 valence electrons. The minimum Gasteiger partial charge on any atom is -0.294 e. The third kappa shape index (κ3) is 2.32. The SMILES string of the molecule is CCCc1cc2ccccc2n1Nc1ccncc1. The molecule has 3 nitrogen and oxygen atoms in total. The number of aryl methyl sites for hydroxylation is 1. The summed E-state index contributed by atoms with van der Waals surface area (Å²) in [5.74, 6) is 0. The van der Waals surface area contributed by atoms with E-state index >= 15 is 0 Å². The van der Waals surface area contributed by atoms with E-state index in [9.17, 15) is 0 Å². The van der Waals surface area contributed by atoms with Crippen molar-refractivity contribution in [1.82, 2.24) is 9.66 Å². The molecule has 2 heterocycles. The number of fused-ring (bicyclic) bond motifs is 1. The Balaban J connectivity index is 2.07. The average molecular weight is 251 g/mol. The summed E-state index contributed by atoms with van der Waals surface area (Å²) in [5.41, 5.74) is 7.02. The van der Waals surface area contributed by atoms with Crippen LogP contribution in [0.2, 0.25) is 0 Å². The Hall–Kier alpha value is -2.29. The lowest BCUT2D eigenvalue weighted by molar-refractivity contribution is 0.823. The first-order valence-electron chi connectivity index (χ1n) is 6.65. The Kier molecular flexibility index (Phi) is 3.19. The normalized spacial score (nSPS) is 10.8. The quantitative estimate of drug-likeness (QED) is 0.763. The molecule has 3 heteroatoms. The second kappa shape index (κ2) is 5.14. The van der Waals surface area contributed by atoms with Gasteiger partial charge in [-0.3, -0.25) is 15.1 Å². The van der Waals surface area contributed by atoms with Crippen LogP contribution in [0.25, 0.3) is 10.9 Å². The van der Waals surface area contributed by atoms with Crippen LogP contribution in [-0.2, 0) is 6.42 Å². The lowest BCUT2D eigenvalue weighted by atomic mass is 10.2. The van der Waals surface area contributed by atoms with Gasteiger partial charge in [0.2, 0.25) is 0 Å². The third-order valence-electron chi connectivity index (χ3n) is 3.21. The summed E-state index contributed by atoms with van der Waals surface area (Å²) in [6, 6.07) is 14.7. The maximum atomic E-state index is 4.05. The van der Waals surface area contributed by atoms with Crippen LogP contribution in [-0.4, -0.2) is 9.66 Å². The van der Waals surface area contributed by atoms with Gasteiger partial charge in [0.15, 0.2) is 0 Å². The third-order valence-corrected chi connectivity index (χ3v) is 3.21. The summed E-state index contributed by atoms with van der Waals surface area (Å²) >= 11 is 0. The smallest absolute Gasteiger partial charge is 0.0699 e. The molecule has 1 aromatic carbocycles. The van der Waals surface area contributed by atoms with Crippen molar-refractivity contribution in [3.63, 3.8) is 0 Å². The molecule has 0 fully saturated rings. The van der Waals surface area contributed by atoms with E-state index in [0.29, 0.717) is 0 Å². The molecule has 0 saturated carbocycles. The van der Waals surface area contributed by atoms with Crippen molar-refractivity contribution in [2.75, 3.05) is 5.43 Å². The number of nitrogens with zero attached hydrogens (tertiary/aromatic N) is 2. The van der Waals surface area contributed by atoms with E-state index in [0.717, 1.165) is 18.5 Å². The highest BCUT2D eigenvalue weighted by Crippen LogP contribution is 2.21. The maximum absolute atomic E-state index is 4.05. The molecule has 19 heavy (non-hydrogen) atoms. The lowest BCUT2D eigenvalue weighted by Gasteiger charge is -2.13. The summed E-state index contributed by atoms with van der Waals surface area (Å²) in [6.45, 7) is 2.20. The van der Waals surface area contributed by atoms with Gasteiger partial charge >= 0.3 is 0 Å². The van der Waals surface area contributed by atoms with Crippen LogP contribution >= 0.6 is 0 Å². The number of hydrogen-bond acceptors (Lipinski definition) is 2. The second-order valence-electron chi connectivity index (χ2n) is 4.63. The molecule has 0 atom stereocenters. The van der Waals surface area contributed by atoms with Crippen LogP contribution in [0, 0.1) is 0 Å². The first kappa shape index (κ1) is 11.8. The predicted molar refractivity (Wildman–Crippen MR) is 79.2 cm³/mol. The number of benzene rings is 1. The summed E-state index contributed by atoms with van der Waals surface area (Å²) in [6.07, 6.45) is 5.79. The zero-order chi connectivity index (χ0) is 13.1. The van der Waals surface area contributed by atoms with E-state index in [2.05, 4.69) is 52.3 Å². The van der Waals surface area contributed by atoms with Crippen LogP contribution in [0.1, 0.15) is 19.0 Å². The van der Waals surface area contributed by atoms with Crippen LogP contribution in [0.5, 0.6) is 0 Å². The van der Waals surface area contributed by atoms with Crippen molar-refractivity contribution in [3.05, 3.63) is 60.6 Å². The van der Waals surface area contributed by atoms with Crippen molar-refractivity contribution < 1.29 is 0 Å². The minimum absolute atomic E-state index is 1.05. The Morgan fingerprint density at radius 3 is 2.68 bits per heavy atom. The van der Waals surface area contributed by atoms with Crippen LogP contribution < -0.4 is 5.43 Å². The fraction of sp³-hybridized carbons (Fsp3) is 0.188. The largest absolute Gasteiger partial charge is 0.294 e. The van der Waals surface area contributed by atoms with Gasteiger partial charge in [-0.1, -0.05) is 31.5 Å². The molecule has 0 radical (unpaired) electrons. The molecule has 0 aliphatic carbocycles. The monoisotopic (exact) mass is 251 g/mol. The van der Waals surface area contributed by atoms with Gasteiger partial charge in [-0.25, -0.2) is 0 Å². The maximum Gasteiger partial charge on any atom is 0.0699 e. The van der Waals surface area contributed by atoms with Crippen LogP contribution in [0.4, 0.5) is 5.69 Å². The fourth-order valence-electron chi connectivity index (χ4n) is 2.34. The highest BCUT2D eigenvalue weighted by Gasteiger charge is 2.07. The highest BCUT2D eigenvalue weighted by atomic mass is 15.4. The lowest BCUT2D eigenvalue weighted by Crippen LogP contribution is -2.12. The van der Waals surface area contributed by atoms with E-state index in [-0.39, 0.29) is 0 Å². The van der Waals surface area contributed by atoms with Gasteiger partial charge < -0.3 is 0 Å². The highest BCUT2D eigenvalue weighted by molar-refractivity contribution is 5.82. The Bertz CT molecular complexity index is 671. The minimum atomic E-state index is 1.05. The molecule has 0 amide bonds. The van der Waals surface area contributed by atoms with Crippen LogP contribution in [0.3, 0.4) is 0 Å². The van der Waals surface area contributed by atoms with Crippen molar-refractivity contribution in [3.8, 4) is 0 Å². The first-order chi connectivity index (χ1) is 9.38. The molecule has 0 saturated heterocycles. The Labute approximate surface area is 112 Å². The predicted octanol–water partition coefficient (Wildman–Crippen LogP) is 3.86. The number of para-hydroxylation sites is 1. The number of pyridine rings is 1. The molecule has 3 rings (SSSR count). The molecule has 2 aromatic heterocycles. The van der Waals surface area contributed by atoms with E-state index in [4.69, 9.17) is 0 Å². The summed E-state index contributed by atoms with van der Waals surface area (Å²) in [5, 5.41) is 1.27. The number of aromatic nitrogens is 2. The van der Waals surface area contributed by atoms with Gasteiger partial charge in [0.1, 0.15) is 0 Å². The van der Waals surface area contributed by atoms with E-state index in [1.54, 1.807) is 12.4 Å². The Morgan fingerprint density at radius 2 is 1.89 bits per heavy atom. The average Bonchev–Trinajstić information content (AvgIpc) is 2.79. The number of hydrogen-bond donors (Lipinski definition) is 1. The second-order valence-corrected chi connectivity index (χ2v) is 4.63. The zero-order valence-electron chi connectivity index (χ0n) is 11.0. The van der Waals surface area contributed by atoms with E-state index in [1.165, 1.54) is 16.6 Å². The van der Waals surface area contributed by atoms with Gasteiger partial charge in [0.05, 0.1) is 11.2 Å². The molecule has 3 aromatic rings. The molecular formula is C16H17N3. The summed E-state index contributed by atoms with van der Waals surface area (Å²) in [7, 11) is 0. The van der Waals surface area contributed by atoms with Crippen molar-refractivity contribution in [2.45, 2.75) is 19.8 Å². The summed E-state index contributed by atoms with van der Waals surface area (Å²) < 4.78 is 2.17. The van der Waals surface area contributed by atoms with Crippen molar-refractivity contribution in [2.24, 2.45) is 0 Å². The van der Waals surface area contributed by atoms with Gasteiger partial charge in [-0.05, 0) is 30.7 Å². The molecule has 1 N–H and O–H groups in total. The zero-order valence-corrected chi connectivity index (χ0v) is 11.0. The van der Waals surface area contributed by atoms with Gasteiger partial charge in [0.25, 0.3) is 0 Å². The van der Waals surface area contributed by atoms with Crippen molar-refractivity contribution >= 4 is 16.6 Å². The topological polar surface area (TPSA) is 29.9 Å². The standard InChI is InChI=1S/C16H17N3/c1-2-5-15-12-13-6-3-4-7-16(13)19(15)18-14-8-10-17-11-9-14/h3-4,6-12H,2,5H2,1H3,(H,17,18). The molecule has 0 aliphatic rings. The first-order valence-corrected chi connectivity index (χ1v) is 6.65. The van der Waals surface area contributed by atoms with Crippen LogP contribution in [0.15, 0.2) is 54.9 Å². The molecule has 0 spiro atoms.